The van der Waals surface area contributed by atoms with Crippen molar-refractivity contribution in [3.05, 3.63) is 88.1 Å². The molecule has 1 N–H and O–H groups in total. The molecule has 37 heavy (non-hydrogen) atoms. The Labute approximate surface area is 215 Å². The van der Waals surface area contributed by atoms with Crippen LogP contribution in [0.1, 0.15) is 82.6 Å². The molecule has 0 saturated heterocycles. The molecule has 2 atom stereocenters. The number of pyridine rings is 1. The molecule has 186 valence electrons. The summed E-state index contributed by atoms with van der Waals surface area (Å²) >= 11 is 0. The van der Waals surface area contributed by atoms with E-state index in [4.69, 9.17) is 9.72 Å². The lowest BCUT2D eigenvalue weighted by molar-refractivity contribution is -0.138. The third kappa shape index (κ3) is 3.64. The number of aromatic nitrogens is 1. The molecule has 2 unspecified atom stereocenters. The number of rotatable bonds is 5. The molecular weight excluding hydrogens is 462 g/mol. The van der Waals surface area contributed by atoms with E-state index in [9.17, 15) is 14.7 Å². The lowest BCUT2D eigenvalue weighted by Crippen LogP contribution is -2.20. The Morgan fingerprint density at radius 1 is 1.16 bits per heavy atom. The van der Waals surface area contributed by atoms with Gasteiger partial charge in [0.1, 0.15) is 5.75 Å². The van der Waals surface area contributed by atoms with Crippen LogP contribution < -0.4 is 4.74 Å². The van der Waals surface area contributed by atoms with E-state index in [0.29, 0.717) is 24.2 Å². The molecule has 2 aliphatic rings. The third-order valence-electron chi connectivity index (χ3n) is 8.08. The van der Waals surface area contributed by atoms with Gasteiger partial charge in [0.15, 0.2) is 5.78 Å². The Balaban J connectivity index is 1.62. The van der Waals surface area contributed by atoms with Gasteiger partial charge in [-0.15, -0.1) is 0 Å². The van der Waals surface area contributed by atoms with Gasteiger partial charge < -0.3 is 9.84 Å². The van der Waals surface area contributed by atoms with Gasteiger partial charge >= 0.3 is 5.97 Å². The number of hydrogen-bond donors (Lipinski definition) is 1. The molecule has 3 aromatic carbocycles. The molecule has 4 aromatic rings. The van der Waals surface area contributed by atoms with Gasteiger partial charge in [0.2, 0.25) is 0 Å². The molecule has 5 heteroatoms. The number of aliphatic carboxylic acids is 1. The number of methoxy groups -OCH3 is 1. The smallest absolute Gasteiger partial charge is 0.311 e. The molecule has 1 aromatic heterocycles. The number of nitrogens with zero attached hydrogens (tertiary/aromatic N) is 1. The fourth-order valence-electron chi connectivity index (χ4n) is 6.40. The van der Waals surface area contributed by atoms with E-state index < -0.39 is 11.9 Å². The standard InChI is InChI=1S/C32H29NO4/c1-3-19(32(35)36)21-15-14-18(16-28(21)37-2)20-9-6-10-22-25-17-33-26-12-5-4-8-23(26)29(25)24-11-7-13-27(34)31(24)30(20)22/h4-6,8,10,12,14-17,19-20H,3,7,9,11,13H2,1-2H3,(H,35,36). The van der Waals surface area contributed by atoms with Gasteiger partial charge in [-0.2, -0.15) is 0 Å². The molecule has 0 radical (unpaired) electrons. The van der Waals surface area contributed by atoms with Gasteiger partial charge in [0.25, 0.3) is 0 Å². The summed E-state index contributed by atoms with van der Waals surface area (Å²) in [4.78, 5) is 30.2. The number of carbonyl (C=O) groups is 2. The molecular formula is C32H29NO4. The number of carboxylic acids is 1. The van der Waals surface area contributed by atoms with E-state index in [2.05, 4.69) is 18.2 Å². The van der Waals surface area contributed by atoms with Crippen molar-refractivity contribution < 1.29 is 19.4 Å². The van der Waals surface area contributed by atoms with Crippen molar-refractivity contribution in [1.29, 1.82) is 0 Å². The van der Waals surface area contributed by atoms with E-state index in [1.54, 1.807) is 7.11 Å². The summed E-state index contributed by atoms with van der Waals surface area (Å²) in [5, 5.41) is 13.1. The van der Waals surface area contributed by atoms with Crippen LogP contribution in [0.3, 0.4) is 0 Å². The zero-order chi connectivity index (χ0) is 25.7. The Bertz CT molecular complexity index is 1620. The fraction of sp³-hybridized carbons (Fsp3) is 0.281. The number of aryl methyl sites for hydroxylation is 1. The van der Waals surface area contributed by atoms with Crippen molar-refractivity contribution >= 4 is 39.5 Å². The maximum atomic E-state index is 13.6. The van der Waals surface area contributed by atoms with Crippen molar-refractivity contribution in [2.75, 3.05) is 7.11 Å². The summed E-state index contributed by atoms with van der Waals surface area (Å²) in [6, 6.07) is 14.0. The quantitative estimate of drug-likeness (QED) is 0.303. The maximum absolute atomic E-state index is 13.6. The molecule has 0 bridgehead atoms. The summed E-state index contributed by atoms with van der Waals surface area (Å²) in [6.45, 7) is 1.87. The van der Waals surface area contributed by atoms with Crippen molar-refractivity contribution in [3.8, 4) is 5.75 Å². The summed E-state index contributed by atoms with van der Waals surface area (Å²) < 4.78 is 5.69. The summed E-state index contributed by atoms with van der Waals surface area (Å²) in [5.41, 5.74) is 6.81. The van der Waals surface area contributed by atoms with Gasteiger partial charge in [-0.3, -0.25) is 14.6 Å². The molecule has 0 saturated carbocycles. The zero-order valence-corrected chi connectivity index (χ0v) is 21.1. The van der Waals surface area contributed by atoms with Gasteiger partial charge in [-0.25, -0.2) is 0 Å². The van der Waals surface area contributed by atoms with E-state index in [1.165, 1.54) is 0 Å². The third-order valence-corrected chi connectivity index (χ3v) is 8.08. The summed E-state index contributed by atoms with van der Waals surface area (Å²) in [6.07, 6.45) is 9.81. The first kappa shape index (κ1) is 23.4. The topological polar surface area (TPSA) is 76.5 Å². The molecule has 0 fully saturated rings. The van der Waals surface area contributed by atoms with Crippen LogP contribution in [0.4, 0.5) is 0 Å². The van der Waals surface area contributed by atoms with Crippen molar-refractivity contribution in [1.82, 2.24) is 4.98 Å². The van der Waals surface area contributed by atoms with Crippen molar-refractivity contribution in [2.24, 2.45) is 0 Å². The van der Waals surface area contributed by atoms with Crippen LogP contribution >= 0.6 is 0 Å². The first-order valence-corrected chi connectivity index (χ1v) is 13.0. The highest BCUT2D eigenvalue weighted by molar-refractivity contribution is 6.16. The molecule has 0 spiro atoms. The predicted molar refractivity (Wildman–Crippen MR) is 146 cm³/mol. The number of allylic oxidation sites excluding steroid dienone is 1. The van der Waals surface area contributed by atoms with E-state index >= 15 is 0 Å². The Kier molecular flexibility index (Phi) is 5.79. The number of benzene rings is 3. The molecule has 1 heterocycles. The summed E-state index contributed by atoms with van der Waals surface area (Å²) in [5.74, 6) is -0.720. The first-order chi connectivity index (χ1) is 18.0. The molecule has 5 nitrogen and oxygen atoms in total. The SMILES string of the molecule is CCC(C(=O)O)c1ccc(C2CC=Cc3c2c2c(c4c3cnc3ccccc34)CCCC2=O)cc1OC. The van der Waals surface area contributed by atoms with E-state index in [-0.39, 0.29) is 11.7 Å². The van der Waals surface area contributed by atoms with Crippen LogP contribution in [0.15, 0.2) is 54.7 Å². The second-order valence-corrected chi connectivity index (χ2v) is 10.0. The molecule has 2 aliphatic carbocycles. The second-order valence-electron chi connectivity index (χ2n) is 10.0. The second kappa shape index (κ2) is 9.15. The van der Waals surface area contributed by atoms with Crippen LogP contribution in [-0.2, 0) is 11.2 Å². The average Bonchev–Trinajstić information content (AvgIpc) is 2.92. The largest absolute Gasteiger partial charge is 0.496 e. The first-order valence-electron chi connectivity index (χ1n) is 13.0. The normalized spacial score (nSPS) is 17.5. The van der Waals surface area contributed by atoms with Gasteiger partial charge in [0, 0.05) is 40.4 Å². The number of ketones is 1. The van der Waals surface area contributed by atoms with Crippen molar-refractivity contribution in [2.45, 2.75) is 50.9 Å². The zero-order valence-electron chi connectivity index (χ0n) is 21.1. The summed E-state index contributed by atoms with van der Waals surface area (Å²) in [7, 11) is 1.58. The highest BCUT2D eigenvalue weighted by atomic mass is 16.5. The lowest BCUT2D eigenvalue weighted by Gasteiger charge is -2.31. The Morgan fingerprint density at radius 2 is 2.00 bits per heavy atom. The number of carboxylic acid groups (broad SMARTS) is 1. The predicted octanol–water partition coefficient (Wildman–Crippen LogP) is 7.04. The highest BCUT2D eigenvalue weighted by Crippen LogP contribution is 2.47. The van der Waals surface area contributed by atoms with Crippen LogP contribution in [-0.4, -0.2) is 29.0 Å². The number of hydrogen-bond acceptors (Lipinski definition) is 4. The van der Waals surface area contributed by atoms with Crippen LogP contribution in [0, 0.1) is 0 Å². The average molecular weight is 492 g/mol. The van der Waals surface area contributed by atoms with Gasteiger partial charge in [-0.1, -0.05) is 49.4 Å². The molecule has 6 rings (SSSR count). The van der Waals surface area contributed by atoms with Crippen LogP contribution in [0.25, 0.3) is 27.8 Å². The minimum atomic E-state index is -0.856. The van der Waals surface area contributed by atoms with Gasteiger partial charge in [0.05, 0.1) is 18.5 Å². The maximum Gasteiger partial charge on any atom is 0.311 e. The number of fused-ring (bicyclic) bond motifs is 8. The molecule has 0 aliphatic heterocycles. The van der Waals surface area contributed by atoms with Crippen LogP contribution in [0.2, 0.25) is 0 Å². The minimum Gasteiger partial charge on any atom is -0.496 e. The fourth-order valence-corrected chi connectivity index (χ4v) is 6.40. The number of ether oxygens (including phenoxy) is 1. The lowest BCUT2D eigenvalue weighted by atomic mass is 9.72. The highest BCUT2D eigenvalue weighted by Gasteiger charge is 2.33. The van der Waals surface area contributed by atoms with Gasteiger partial charge in [-0.05, 0) is 65.5 Å². The monoisotopic (exact) mass is 491 g/mol. The Morgan fingerprint density at radius 3 is 2.78 bits per heavy atom. The minimum absolute atomic E-state index is 0.0282. The number of carbonyl (C=O) groups excluding carboxylic acids is 1. The number of Topliss-reactive ketones (excluding diaryl/α,β-unsaturated/α-hetero) is 1. The number of para-hydroxylation sites is 1. The van der Waals surface area contributed by atoms with E-state index in [0.717, 1.165) is 68.8 Å². The molecule has 0 amide bonds. The van der Waals surface area contributed by atoms with E-state index in [1.807, 2.05) is 49.5 Å². The van der Waals surface area contributed by atoms with Crippen LogP contribution in [0.5, 0.6) is 5.75 Å². The van der Waals surface area contributed by atoms with Crippen molar-refractivity contribution in [3.63, 3.8) is 0 Å². The Hall–Kier alpha value is -3.99.